The van der Waals surface area contributed by atoms with Gasteiger partial charge >= 0.3 is 5.97 Å². The van der Waals surface area contributed by atoms with Crippen molar-refractivity contribution in [1.29, 1.82) is 0 Å². The molecule has 0 saturated heterocycles. The largest absolute Gasteiger partial charge is 0.490 e. The summed E-state index contributed by atoms with van der Waals surface area (Å²) < 4.78 is 29.5. The summed E-state index contributed by atoms with van der Waals surface area (Å²) in [6.07, 6.45) is 2.24. The van der Waals surface area contributed by atoms with Gasteiger partial charge in [0, 0.05) is 18.7 Å². The molecule has 6 nitrogen and oxygen atoms in total. The molecule has 1 amide bonds. The Balaban J connectivity index is 1.47. The lowest BCUT2D eigenvalue weighted by atomic mass is 10.1. The van der Waals surface area contributed by atoms with Crippen LogP contribution in [0.2, 0.25) is 0 Å². The van der Waals surface area contributed by atoms with Crippen LogP contribution in [0.15, 0.2) is 66.7 Å². The van der Waals surface area contributed by atoms with Gasteiger partial charge in [0.2, 0.25) is 0 Å². The van der Waals surface area contributed by atoms with E-state index in [2.05, 4.69) is 0 Å². The molecule has 7 heteroatoms. The molecule has 3 aromatic carbocycles. The molecule has 0 radical (unpaired) electrons. The second-order valence-electron chi connectivity index (χ2n) is 8.22. The van der Waals surface area contributed by atoms with Gasteiger partial charge in [-0.1, -0.05) is 18.2 Å². The third kappa shape index (κ3) is 5.54. The predicted octanol–water partition coefficient (Wildman–Crippen LogP) is 5.47. The molecule has 34 heavy (non-hydrogen) atoms. The van der Waals surface area contributed by atoms with Gasteiger partial charge in [-0.2, -0.15) is 0 Å². The van der Waals surface area contributed by atoms with E-state index in [-0.39, 0.29) is 17.4 Å². The molecule has 0 heterocycles. The van der Waals surface area contributed by atoms with E-state index in [1.54, 1.807) is 48.5 Å². The van der Waals surface area contributed by atoms with Gasteiger partial charge in [-0.05, 0) is 72.9 Å². The van der Waals surface area contributed by atoms with E-state index in [4.69, 9.17) is 14.2 Å². The Morgan fingerprint density at radius 1 is 0.941 bits per heavy atom. The SMILES string of the molecule is COC(=O)c1ccc(CN(CC2CC2)C(=O)c2ccc(Oc3cccc(F)c3OC)cc2)cc1. The van der Waals surface area contributed by atoms with E-state index < -0.39 is 11.8 Å². The Morgan fingerprint density at radius 2 is 1.62 bits per heavy atom. The average molecular weight is 464 g/mol. The summed E-state index contributed by atoms with van der Waals surface area (Å²) in [5.74, 6) is 0.273. The highest BCUT2D eigenvalue weighted by atomic mass is 19.1. The predicted molar refractivity (Wildman–Crippen MR) is 125 cm³/mol. The molecular formula is C27H26FNO5. The fraction of sp³-hybridized carbons (Fsp3) is 0.259. The van der Waals surface area contributed by atoms with Crippen molar-refractivity contribution in [3.05, 3.63) is 89.2 Å². The Hall–Kier alpha value is -3.87. The standard InChI is InChI=1S/C27H26FNO5/c1-32-25-23(28)4-3-5-24(25)34-22-14-12-20(13-15-22)26(30)29(16-18-6-7-18)17-19-8-10-21(11-9-19)27(31)33-2/h3-5,8-15,18H,6-7,16-17H2,1-2H3. The quantitative estimate of drug-likeness (QED) is 0.394. The molecule has 1 fully saturated rings. The lowest BCUT2D eigenvalue weighted by Crippen LogP contribution is -2.32. The number of halogens is 1. The van der Waals surface area contributed by atoms with Gasteiger partial charge in [0.15, 0.2) is 17.3 Å². The van der Waals surface area contributed by atoms with Gasteiger partial charge in [-0.15, -0.1) is 0 Å². The molecule has 1 saturated carbocycles. The zero-order chi connectivity index (χ0) is 24.1. The highest BCUT2D eigenvalue weighted by molar-refractivity contribution is 5.94. The van der Waals surface area contributed by atoms with E-state index in [1.807, 2.05) is 17.0 Å². The smallest absolute Gasteiger partial charge is 0.337 e. The molecule has 176 valence electrons. The molecular weight excluding hydrogens is 437 g/mol. The van der Waals surface area contributed by atoms with E-state index in [0.29, 0.717) is 35.9 Å². The number of ether oxygens (including phenoxy) is 3. The summed E-state index contributed by atoms with van der Waals surface area (Å²) in [6.45, 7) is 1.12. The Morgan fingerprint density at radius 3 is 2.24 bits per heavy atom. The maximum absolute atomic E-state index is 13.9. The molecule has 0 aromatic heterocycles. The first kappa shape index (κ1) is 23.3. The van der Waals surface area contributed by atoms with Gasteiger partial charge in [0.25, 0.3) is 5.91 Å². The van der Waals surface area contributed by atoms with E-state index in [9.17, 15) is 14.0 Å². The number of benzene rings is 3. The number of amides is 1. The van der Waals surface area contributed by atoms with Crippen molar-refractivity contribution in [2.45, 2.75) is 19.4 Å². The Kier molecular flexibility index (Phi) is 7.11. The maximum Gasteiger partial charge on any atom is 0.337 e. The van der Waals surface area contributed by atoms with Gasteiger partial charge in [0.05, 0.1) is 19.8 Å². The lowest BCUT2D eigenvalue weighted by molar-refractivity contribution is 0.0600. The Bertz CT molecular complexity index is 1160. The van der Waals surface area contributed by atoms with Crippen LogP contribution >= 0.6 is 0 Å². The fourth-order valence-electron chi connectivity index (χ4n) is 3.66. The van der Waals surface area contributed by atoms with Crippen LogP contribution in [0, 0.1) is 11.7 Å². The third-order valence-electron chi connectivity index (χ3n) is 5.68. The first-order valence-corrected chi connectivity index (χ1v) is 11.1. The van der Waals surface area contributed by atoms with Crippen molar-refractivity contribution >= 4 is 11.9 Å². The highest BCUT2D eigenvalue weighted by Crippen LogP contribution is 2.34. The van der Waals surface area contributed by atoms with Crippen LogP contribution in [0.1, 0.15) is 39.1 Å². The first-order chi connectivity index (χ1) is 16.5. The topological polar surface area (TPSA) is 65.1 Å². The van der Waals surface area contributed by atoms with E-state index >= 15 is 0 Å². The molecule has 3 aromatic rings. The minimum Gasteiger partial charge on any atom is -0.490 e. The third-order valence-corrected chi connectivity index (χ3v) is 5.68. The lowest BCUT2D eigenvalue weighted by Gasteiger charge is -2.23. The average Bonchev–Trinajstić information content (AvgIpc) is 3.68. The normalized spacial score (nSPS) is 12.7. The Labute approximate surface area is 197 Å². The van der Waals surface area contributed by atoms with Crippen LogP contribution in [-0.2, 0) is 11.3 Å². The second kappa shape index (κ2) is 10.4. The van der Waals surface area contributed by atoms with E-state index in [1.165, 1.54) is 20.3 Å². The van der Waals surface area contributed by atoms with Gasteiger partial charge in [-0.3, -0.25) is 4.79 Å². The van der Waals surface area contributed by atoms with Gasteiger partial charge in [0.1, 0.15) is 5.75 Å². The number of rotatable bonds is 9. The minimum atomic E-state index is -0.512. The van der Waals surface area contributed by atoms with Crippen molar-refractivity contribution in [2.24, 2.45) is 5.92 Å². The summed E-state index contributed by atoms with van der Waals surface area (Å²) in [4.78, 5) is 26.8. The number of methoxy groups -OCH3 is 2. The van der Waals surface area contributed by atoms with E-state index in [0.717, 1.165) is 18.4 Å². The van der Waals surface area contributed by atoms with Crippen molar-refractivity contribution in [1.82, 2.24) is 4.90 Å². The van der Waals surface area contributed by atoms with Crippen molar-refractivity contribution in [3.63, 3.8) is 0 Å². The van der Waals surface area contributed by atoms with Crippen LogP contribution in [-0.4, -0.2) is 37.5 Å². The molecule has 0 atom stereocenters. The summed E-state index contributed by atoms with van der Waals surface area (Å²) in [5, 5.41) is 0. The number of carbonyl (C=O) groups is 2. The van der Waals surface area contributed by atoms with Crippen molar-refractivity contribution in [3.8, 4) is 17.2 Å². The van der Waals surface area contributed by atoms with Crippen LogP contribution < -0.4 is 9.47 Å². The molecule has 1 aliphatic rings. The minimum absolute atomic E-state index is 0.0245. The molecule has 1 aliphatic carbocycles. The summed E-state index contributed by atoms with van der Waals surface area (Å²) in [5.41, 5.74) is 1.93. The zero-order valence-corrected chi connectivity index (χ0v) is 19.1. The molecule has 0 spiro atoms. The van der Waals surface area contributed by atoms with Gasteiger partial charge < -0.3 is 19.1 Å². The molecule has 0 bridgehead atoms. The molecule has 4 rings (SSSR count). The van der Waals surface area contributed by atoms with Gasteiger partial charge in [-0.25, -0.2) is 9.18 Å². The number of carbonyl (C=O) groups excluding carboxylic acids is 2. The molecule has 0 aliphatic heterocycles. The fourth-order valence-corrected chi connectivity index (χ4v) is 3.66. The number of hydrogen-bond donors (Lipinski definition) is 0. The van der Waals surface area contributed by atoms with Crippen LogP contribution in [0.3, 0.4) is 0 Å². The monoisotopic (exact) mass is 463 g/mol. The van der Waals surface area contributed by atoms with Crippen molar-refractivity contribution < 1.29 is 28.2 Å². The molecule has 0 unspecified atom stereocenters. The number of hydrogen-bond acceptors (Lipinski definition) is 5. The highest BCUT2D eigenvalue weighted by Gasteiger charge is 2.27. The van der Waals surface area contributed by atoms with Crippen LogP contribution in [0.25, 0.3) is 0 Å². The van der Waals surface area contributed by atoms with Crippen LogP contribution in [0.5, 0.6) is 17.2 Å². The summed E-state index contributed by atoms with van der Waals surface area (Å²) >= 11 is 0. The number of esters is 1. The summed E-state index contributed by atoms with van der Waals surface area (Å²) in [6, 6.07) is 18.3. The second-order valence-corrected chi connectivity index (χ2v) is 8.22. The first-order valence-electron chi connectivity index (χ1n) is 11.1. The number of para-hydroxylation sites is 1. The van der Waals surface area contributed by atoms with Crippen LogP contribution in [0.4, 0.5) is 4.39 Å². The molecule has 0 N–H and O–H groups in total. The summed E-state index contributed by atoms with van der Waals surface area (Å²) in [7, 11) is 2.72. The maximum atomic E-state index is 13.9. The van der Waals surface area contributed by atoms with Crippen molar-refractivity contribution in [2.75, 3.05) is 20.8 Å². The number of nitrogens with zero attached hydrogens (tertiary/aromatic N) is 1. The zero-order valence-electron chi connectivity index (χ0n) is 19.1.